The van der Waals surface area contributed by atoms with Gasteiger partial charge >= 0.3 is 0 Å². The van der Waals surface area contributed by atoms with Gasteiger partial charge in [-0.25, -0.2) is 4.98 Å². The fourth-order valence-electron chi connectivity index (χ4n) is 3.70. The summed E-state index contributed by atoms with van der Waals surface area (Å²) in [5.74, 6) is 3.11. The van der Waals surface area contributed by atoms with Crippen LogP contribution in [0.2, 0.25) is 0 Å². The van der Waals surface area contributed by atoms with Crippen LogP contribution in [0.25, 0.3) is 0 Å². The summed E-state index contributed by atoms with van der Waals surface area (Å²) in [6.45, 7) is 2.80. The summed E-state index contributed by atoms with van der Waals surface area (Å²) in [4.78, 5) is 9.25. The van der Waals surface area contributed by atoms with E-state index in [-0.39, 0.29) is 0 Å². The zero-order chi connectivity index (χ0) is 19.8. The second-order valence-electron chi connectivity index (χ2n) is 7.42. The third kappa shape index (κ3) is 5.75. The van der Waals surface area contributed by atoms with Gasteiger partial charge in [-0.2, -0.15) is 4.98 Å². The van der Waals surface area contributed by atoms with Gasteiger partial charge in [-0.3, -0.25) is 0 Å². The van der Waals surface area contributed by atoms with Crippen LogP contribution in [0, 0.1) is 6.92 Å². The average Bonchev–Trinajstić information content (AvgIpc) is 2.96. The van der Waals surface area contributed by atoms with Gasteiger partial charge in [-0.1, -0.05) is 31.7 Å². The summed E-state index contributed by atoms with van der Waals surface area (Å²) in [6, 6.07) is 8.51. The summed E-state index contributed by atoms with van der Waals surface area (Å²) in [5.41, 5.74) is 2.16. The Hall–Kier alpha value is -2.50. The monoisotopic (exact) mass is 384 g/mol. The van der Waals surface area contributed by atoms with Crippen LogP contribution in [0.1, 0.15) is 49.8 Å². The Kier molecular flexibility index (Phi) is 7.34. The minimum atomic E-state index is 0.490. The molecule has 0 radical (unpaired) electrons. The third-order valence-electron chi connectivity index (χ3n) is 5.21. The summed E-state index contributed by atoms with van der Waals surface area (Å²) in [6.07, 6.45) is 8.55. The van der Waals surface area contributed by atoms with Crippen molar-refractivity contribution >= 4 is 11.8 Å². The number of anilines is 2. The highest BCUT2D eigenvalue weighted by molar-refractivity contribution is 5.44. The van der Waals surface area contributed by atoms with Gasteiger partial charge in [0.2, 0.25) is 5.95 Å². The van der Waals surface area contributed by atoms with E-state index in [9.17, 15) is 0 Å². The maximum Gasteiger partial charge on any atom is 0.225 e. The van der Waals surface area contributed by atoms with E-state index < -0.39 is 0 Å². The molecule has 1 fully saturated rings. The van der Waals surface area contributed by atoms with Crippen molar-refractivity contribution in [2.45, 2.75) is 57.9 Å². The molecule has 1 aromatic carbocycles. The molecule has 1 heterocycles. The Labute approximate surface area is 168 Å². The molecule has 0 bridgehead atoms. The van der Waals surface area contributed by atoms with E-state index in [1.165, 1.54) is 44.1 Å². The lowest BCUT2D eigenvalue weighted by atomic mass is 10.1. The zero-order valence-electron chi connectivity index (χ0n) is 17.3. The molecule has 1 aromatic heterocycles. The lowest BCUT2D eigenvalue weighted by Gasteiger charge is -2.17. The Morgan fingerprint density at radius 1 is 0.964 bits per heavy atom. The molecular weight excluding hydrogens is 352 g/mol. The van der Waals surface area contributed by atoms with Crippen molar-refractivity contribution < 1.29 is 9.47 Å². The van der Waals surface area contributed by atoms with Crippen molar-refractivity contribution in [3.63, 3.8) is 0 Å². The highest BCUT2D eigenvalue weighted by Crippen LogP contribution is 2.27. The van der Waals surface area contributed by atoms with Crippen LogP contribution in [0.15, 0.2) is 24.3 Å². The third-order valence-corrected chi connectivity index (χ3v) is 5.21. The lowest BCUT2D eigenvalue weighted by Crippen LogP contribution is -2.20. The number of nitrogens with zero attached hydrogens (tertiary/aromatic N) is 2. The van der Waals surface area contributed by atoms with E-state index in [1.54, 1.807) is 14.2 Å². The first-order chi connectivity index (χ1) is 13.7. The van der Waals surface area contributed by atoms with Crippen LogP contribution in [0.5, 0.6) is 11.5 Å². The number of ether oxygens (including phenoxy) is 2. The molecule has 3 rings (SSSR count). The van der Waals surface area contributed by atoms with Gasteiger partial charge in [-0.15, -0.1) is 0 Å². The minimum absolute atomic E-state index is 0.490. The Bertz CT molecular complexity index is 758. The van der Waals surface area contributed by atoms with Crippen LogP contribution >= 0.6 is 0 Å². The maximum absolute atomic E-state index is 5.38. The summed E-state index contributed by atoms with van der Waals surface area (Å²) < 4.78 is 10.7. The first kappa shape index (κ1) is 20.2. The smallest absolute Gasteiger partial charge is 0.225 e. The summed E-state index contributed by atoms with van der Waals surface area (Å²) >= 11 is 0. The van der Waals surface area contributed by atoms with Crippen molar-refractivity contribution in [2.75, 3.05) is 31.4 Å². The number of aryl methyl sites for hydroxylation is 1. The number of methoxy groups -OCH3 is 2. The van der Waals surface area contributed by atoms with Crippen molar-refractivity contribution in [3.8, 4) is 11.5 Å². The van der Waals surface area contributed by atoms with Crippen molar-refractivity contribution in [1.29, 1.82) is 0 Å². The van der Waals surface area contributed by atoms with Gasteiger partial charge in [0.05, 0.1) is 14.2 Å². The van der Waals surface area contributed by atoms with Gasteiger partial charge in [0.1, 0.15) is 5.82 Å². The van der Waals surface area contributed by atoms with Gasteiger partial charge < -0.3 is 20.1 Å². The van der Waals surface area contributed by atoms with Gasteiger partial charge in [0.15, 0.2) is 11.5 Å². The van der Waals surface area contributed by atoms with Crippen molar-refractivity contribution in [1.82, 2.24) is 9.97 Å². The normalized spacial score (nSPS) is 15.0. The first-order valence-electron chi connectivity index (χ1n) is 10.2. The molecule has 6 nitrogen and oxygen atoms in total. The van der Waals surface area contributed by atoms with E-state index >= 15 is 0 Å². The van der Waals surface area contributed by atoms with Crippen LogP contribution in [0.4, 0.5) is 11.8 Å². The molecule has 0 spiro atoms. The molecule has 1 aliphatic carbocycles. The van der Waals surface area contributed by atoms with Gasteiger partial charge in [0.25, 0.3) is 0 Å². The minimum Gasteiger partial charge on any atom is -0.493 e. The number of rotatable bonds is 8. The highest BCUT2D eigenvalue weighted by Gasteiger charge is 2.13. The van der Waals surface area contributed by atoms with E-state index in [0.29, 0.717) is 6.04 Å². The molecule has 2 N–H and O–H groups in total. The number of benzene rings is 1. The molecule has 1 saturated carbocycles. The fourth-order valence-corrected chi connectivity index (χ4v) is 3.70. The lowest BCUT2D eigenvalue weighted by molar-refractivity contribution is 0.354. The standard InChI is InChI=1S/C22H32N4O2/c1-16-14-21(26-22(24-16)25-18-8-6-4-5-7-9-18)23-13-12-17-10-11-19(27-2)20(15-17)28-3/h10-11,14-15,18H,4-9,12-13H2,1-3H3,(H2,23,24,25,26). The molecular formula is C22H32N4O2. The summed E-state index contributed by atoms with van der Waals surface area (Å²) in [5, 5.41) is 6.97. The molecule has 1 aliphatic rings. The second-order valence-corrected chi connectivity index (χ2v) is 7.42. The van der Waals surface area contributed by atoms with Crippen LogP contribution in [-0.4, -0.2) is 36.8 Å². The fraction of sp³-hybridized carbons (Fsp3) is 0.545. The Morgan fingerprint density at radius 3 is 2.43 bits per heavy atom. The van der Waals surface area contributed by atoms with Crippen LogP contribution in [0.3, 0.4) is 0 Å². The topological polar surface area (TPSA) is 68.3 Å². The zero-order valence-corrected chi connectivity index (χ0v) is 17.3. The van der Waals surface area contributed by atoms with E-state index in [0.717, 1.165) is 41.9 Å². The summed E-state index contributed by atoms with van der Waals surface area (Å²) in [7, 11) is 3.31. The largest absolute Gasteiger partial charge is 0.493 e. The van der Waals surface area contributed by atoms with Crippen LogP contribution < -0.4 is 20.1 Å². The van der Waals surface area contributed by atoms with Crippen molar-refractivity contribution in [3.05, 3.63) is 35.5 Å². The molecule has 0 aliphatic heterocycles. The molecule has 152 valence electrons. The van der Waals surface area contributed by atoms with E-state index in [4.69, 9.17) is 9.47 Å². The molecule has 0 amide bonds. The van der Waals surface area contributed by atoms with Crippen molar-refractivity contribution in [2.24, 2.45) is 0 Å². The quantitative estimate of drug-likeness (QED) is 0.649. The maximum atomic E-state index is 5.38. The number of hydrogen-bond acceptors (Lipinski definition) is 6. The molecule has 6 heteroatoms. The predicted octanol–water partition coefficient (Wildman–Crippen LogP) is 4.59. The molecule has 2 aromatic rings. The Morgan fingerprint density at radius 2 is 1.71 bits per heavy atom. The van der Waals surface area contributed by atoms with E-state index in [2.05, 4.69) is 26.7 Å². The van der Waals surface area contributed by atoms with E-state index in [1.807, 2.05) is 25.1 Å². The first-order valence-corrected chi connectivity index (χ1v) is 10.2. The Balaban J connectivity index is 1.57. The number of aromatic nitrogens is 2. The highest BCUT2D eigenvalue weighted by atomic mass is 16.5. The molecule has 0 unspecified atom stereocenters. The molecule has 0 atom stereocenters. The average molecular weight is 385 g/mol. The van der Waals surface area contributed by atoms with Gasteiger partial charge in [-0.05, 0) is 43.9 Å². The molecule has 28 heavy (non-hydrogen) atoms. The SMILES string of the molecule is COc1ccc(CCNc2cc(C)nc(NC3CCCCCC3)n2)cc1OC. The van der Waals surface area contributed by atoms with Crippen LogP contribution in [-0.2, 0) is 6.42 Å². The number of nitrogens with one attached hydrogen (secondary N) is 2. The second kappa shape index (κ2) is 10.2. The van der Waals surface area contributed by atoms with Gasteiger partial charge in [0, 0.05) is 24.3 Å². The molecule has 0 saturated heterocycles. The number of hydrogen-bond donors (Lipinski definition) is 2. The predicted molar refractivity (Wildman–Crippen MR) is 114 cm³/mol.